The van der Waals surface area contributed by atoms with Crippen LogP contribution in [0.1, 0.15) is 68.0 Å². The van der Waals surface area contributed by atoms with Crippen LogP contribution in [0, 0.1) is 12.3 Å². The molecule has 0 aliphatic rings. The van der Waals surface area contributed by atoms with E-state index in [9.17, 15) is 14.7 Å². The zero-order valence-electron chi connectivity index (χ0n) is 19.6. The first-order valence-corrected chi connectivity index (χ1v) is 11.3. The van der Waals surface area contributed by atoms with E-state index >= 15 is 0 Å². The first kappa shape index (κ1) is 23.9. The number of aromatic nitrogens is 3. The van der Waals surface area contributed by atoms with Crippen molar-refractivity contribution >= 4 is 38.6 Å². The van der Waals surface area contributed by atoms with Crippen LogP contribution >= 0.6 is 11.3 Å². The molecule has 2 heterocycles. The lowest BCUT2D eigenvalue weighted by molar-refractivity contribution is 0.0843. The quantitative estimate of drug-likeness (QED) is 0.538. The first-order valence-electron chi connectivity index (χ1n) is 10.5. The van der Waals surface area contributed by atoms with Crippen molar-refractivity contribution in [3.63, 3.8) is 0 Å². The fourth-order valence-electron chi connectivity index (χ4n) is 3.11. The topological polar surface area (TPSA) is 109 Å². The second-order valence-electron chi connectivity index (χ2n) is 10.00. The minimum absolute atomic E-state index is 0.182. The van der Waals surface area contributed by atoms with Crippen LogP contribution in [0.2, 0.25) is 0 Å². The Hall–Kier alpha value is -2.78. The molecule has 2 amide bonds. The summed E-state index contributed by atoms with van der Waals surface area (Å²) in [6.07, 6.45) is 0. The largest absolute Gasteiger partial charge is 0.394 e. The third-order valence-corrected chi connectivity index (χ3v) is 6.11. The molecule has 1 atom stereocenters. The van der Waals surface area contributed by atoms with Crippen molar-refractivity contribution in [1.29, 1.82) is 0 Å². The summed E-state index contributed by atoms with van der Waals surface area (Å²) in [6.45, 7) is 13.5. The van der Waals surface area contributed by atoms with Gasteiger partial charge < -0.3 is 10.4 Å². The van der Waals surface area contributed by atoms with Crippen molar-refractivity contribution in [3.05, 3.63) is 41.1 Å². The molecule has 2 aromatic heterocycles. The van der Waals surface area contributed by atoms with E-state index in [-0.39, 0.29) is 29.5 Å². The van der Waals surface area contributed by atoms with Crippen molar-refractivity contribution in [2.45, 2.75) is 60.0 Å². The minimum atomic E-state index is -0.432. The maximum absolute atomic E-state index is 13.1. The molecule has 32 heavy (non-hydrogen) atoms. The van der Waals surface area contributed by atoms with Crippen LogP contribution in [0.3, 0.4) is 0 Å². The van der Waals surface area contributed by atoms with Crippen LogP contribution in [-0.2, 0) is 5.54 Å². The number of anilines is 1. The Morgan fingerprint density at radius 3 is 2.25 bits per heavy atom. The molecule has 0 radical (unpaired) electrons. The maximum atomic E-state index is 13.1. The summed E-state index contributed by atoms with van der Waals surface area (Å²) in [5, 5.41) is 20.4. The number of fused-ring (bicyclic) bond motifs is 1. The standard InChI is InChI=1S/C23H31N5O3S/c1-13-8-10-14(11-9-13)19(30)26-21-25-18-17(32-21)16(27-28(18)23(5,6)7)20(31)24-15(12-29)22(2,3)4/h8-11,15,29H,12H2,1-7H3,(H,24,31)(H,25,26,30)/t15-/m1/s1. The molecular weight excluding hydrogens is 426 g/mol. The maximum Gasteiger partial charge on any atom is 0.273 e. The number of aliphatic hydroxyl groups excluding tert-OH is 1. The van der Waals surface area contributed by atoms with Crippen molar-refractivity contribution in [1.82, 2.24) is 20.1 Å². The van der Waals surface area contributed by atoms with Gasteiger partial charge in [0.25, 0.3) is 11.8 Å². The van der Waals surface area contributed by atoms with Crippen LogP contribution in [0.15, 0.2) is 24.3 Å². The summed E-state index contributed by atoms with van der Waals surface area (Å²) in [4.78, 5) is 30.3. The highest BCUT2D eigenvalue weighted by Crippen LogP contribution is 2.33. The molecule has 172 valence electrons. The molecule has 8 nitrogen and oxygen atoms in total. The first-order chi connectivity index (χ1) is 14.8. The summed E-state index contributed by atoms with van der Waals surface area (Å²) < 4.78 is 2.28. The molecule has 0 bridgehead atoms. The highest BCUT2D eigenvalue weighted by molar-refractivity contribution is 7.22. The summed E-state index contributed by atoms with van der Waals surface area (Å²) in [7, 11) is 0. The molecule has 0 unspecified atom stereocenters. The Kier molecular flexibility index (Phi) is 6.44. The van der Waals surface area contributed by atoms with Gasteiger partial charge in [0.05, 0.1) is 18.2 Å². The van der Waals surface area contributed by atoms with E-state index in [1.54, 1.807) is 16.8 Å². The summed E-state index contributed by atoms with van der Waals surface area (Å²) in [5.41, 5.74) is 1.61. The lowest BCUT2D eigenvalue weighted by Crippen LogP contribution is -2.46. The molecule has 3 aromatic rings. The van der Waals surface area contributed by atoms with E-state index in [2.05, 4.69) is 20.7 Å². The smallest absolute Gasteiger partial charge is 0.273 e. The third kappa shape index (κ3) is 4.99. The average Bonchev–Trinajstić information content (AvgIpc) is 3.23. The molecule has 9 heteroatoms. The molecule has 0 aliphatic heterocycles. The SMILES string of the molecule is Cc1ccc(C(=O)Nc2nc3c(s2)c(C(=O)N[C@H](CO)C(C)(C)C)nn3C(C)(C)C)cc1. The van der Waals surface area contributed by atoms with E-state index in [1.165, 1.54) is 11.3 Å². The molecule has 0 aliphatic carbocycles. The molecule has 0 saturated carbocycles. The van der Waals surface area contributed by atoms with Crippen LogP contribution in [0.4, 0.5) is 5.13 Å². The van der Waals surface area contributed by atoms with Crippen LogP contribution in [0.5, 0.6) is 0 Å². The molecular formula is C23H31N5O3S. The monoisotopic (exact) mass is 457 g/mol. The zero-order chi connectivity index (χ0) is 23.8. The van der Waals surface area contributed by atoms with E-state index < -0.39 is 11.6 Å². The minimum Gasteiger partial charge on any atom is -0.394 e. The van der Waals surface area contributed by atoms with Gasteiger partial charge in [-0.2, -0.15) is 10.1 Å². The Labute approximate surface area is 192 Å². The van der Waals surface area contributed by atoms with Crippen molar-refractivity contribution in [2.24, 2.45) is 5.41 Å². The third-order valence-electron chi connectivity index (χ3n) is 5.14. The van der Waals surface area contributed by atoms with Gasteiger partial charge in [-0.05, 0) is 45.2 Å². The highest BCUT2D eigenvalue weighted by Gasteiger charge is 2.31. The molecule has 1 aromatic carbocycles. The number of hydrogen-bond acceptors (Lipinski definition) is 6. The van der Waals surface area contributed by atoms with E-state index in [0.717, 1.165) is 5.56 Å². The van der Waals surface area contributed by atoms with Gasteiger partial charge in [-0.1, -0.05) is 49.8 Å². The van der Waals surface area contributed by atoms with Crippen molar-refractivity contribution in [3.8, 4) is 0 Å². The lowest BCUT2D eigenvalue weighted by atomic mass is 9.87. The second-order valence-corrected chi connectivity index (χ2v) is 11.0. The second kappa shape index (κ2) is 8.63. The number of carbonyl (C=O) groups excluding carboxylic acids is 2. The number of benzene rings is 1. The van der Waals surface area contributed by atoms with Gasteiger partial charge in [0.2, 0.25) is 0 Å². The molecule has 0 fully saturated rings. The van der Waals surface area contributed by atoms with Crippen LogP contribution < -0.4 is 10.6 Å². The average molecular weight is 458 g/mol. The number of carbonyl (C=O) groups is 2. The molecule has 0 spiro atoms. The summed E-state index contributed by atoms with van der Waals surface area (Å²) >= 11 is 1.21. The summed E-state index contributed by atoms with van der Waals surface area (Å²) in [5.74, 6) is -0.650. The van der Waals surface area contributed by atoms with Gasteiger partial charge in [0.15, 0.2) is 16.5 Å². The molecule has 3 rings (SSSR count). The number of amides is 2. The van der Waals surface area contributed by atoms with E-state index in [0.29, 0.717) is 21.0 Å². The van der Waals surface area contributed by atoms with Gasteiger partial charge >= 0.3 is 0 Å². The number of thiazole rings is 1. The Bertz CT molecular complexity index is 1130. The summed E-state index contributed by atoms with van der Waals surface area (Å²) in [6, 6.07) is 6.84. The van der Waals surface area contributed by atoms with E-state index in [4.69, 9.17) is 0 Å². The predicted molar refractivity (Wildman–Crippen MR) is 127 cm³/mol. The normalized spacial score (nSPS) is 13.2. The van der Waals surface area contributed by atoms with Gasteiger partial charge in [-0.25, -0.2) is 4.68 Å². The van der Waals surface area contributed by atoms with Gasteiger partial charge in [0, 0.05) is 5.56 Å². The molecule has 3 N–H and O–H groups in total. The zero-order valence-corrected chi connectivity index (χ0v) is 20.4. The fraction of sp³-hybridized carbons (Fsp3) is 0.478. The van der Waals surface area contributed by atoms with Gasteiger partial charge in [0.1, 0.15) is 4.70 Å². The Morgan fingerprint density at radius 1 is 1.09 bits per heavy atom. The number of nitrogens with one attached hydrogen (secondary N) is 2. The number of aryl methyl sites for hydroxylation is 1. The number of rotatable bonds is 5. The van der Waals surface area contributed by atoms with Crippen LogP contribution in [-0.4, -0.2) is 44.3 Å². The molecule has 0 saturated heterocycles. The fourth-order valence-corrected chi connectivity index (χ4v) is 4.03. The van der Waals surface area contributed by atoms with Gasteiger partial charge in [-0.3, -0.25) is 14.9 Å². The van der Waals surface area contributed by atoms with Crippen molar-refractivity contribution < 1.29 is 14.7 Å². The lowest BCUT2D eigenvalue weighted by Gasteiger charge is -2.29. The Balaban J connectivity index is 1.97. The van der Waals surface area contributed by atoms with E-state index in [1.807, 2.05) is 60.6 Å². The predicted octanol–water partition coefficient (Wildman–Crippen LogP) is 3.95. The van der Waals surface area contributed by atoms with Crippen molar-refractivity contribution in [2.75, 3.05) is 11.9 Å². The Morgan fingerprint density at radius 2 is 1.72 bits per heavy atom. The number of hydrogen-bond donors (Lipinski definition) is 3. The number of aliphatic hydroxyl groups is 1. The van der Waals surface area contributed by atoms with Gasteiger partial charge in [-0.15, -0.1) is 0 Å². The highest BCUT2D eigenvalue weighted by atomic mass is 32.1. The number of nitrogens with zero attached hydrogens (tertiary/aromatic N) is 3. The van der Waals surface area contributed by atoms with Crippen LogP contribution in [0.25, 0.3) is 10.3 Å².